The molecule has 4 N–H and O–H groups in total. The van der Waals surface area contributed by atoms with Crippen LogP contribution in [0, 0.1) is 17.8 Å². The van der Waals surface area contributed by atoms with E-state index >= 15 is 28.8 Å². The van der Waals surface area contributed by atoms with Crippen molar-refractivity contribution in [3.05, 3.63) is 34.3 Å². The van der Waals surface area contributed by atoms with Crippen LogP contribution in [0.3, 0.4) is 0 Å². The number of hydrogen-bond donors (Lipinski definition) is 4. The Morgan fingerprint density at radius 1 is 0.620 bits per heavy atom. The van der Waals surface area contributed by atoms with E-state index in [0.29, 0.717) is 63.6 Å². The molecule has 25 nitrogen and oxygen atoms in total. The number of aryl methyl sites for hydroxylation is 1. The van der Waals surface area contributed by atoms with Gasteiger partial charge in [0.1, 0.15) is 47.8 Å². The third-order valence-corrected chi connectivity index (χ3v) is 21.9. The lowest BCUT2D eigenvalue weighted by molar-refractivity contribution is -0.157. The van der Waals surface area contributed by atoms with Crippen molar-refractivity contribution in [3.63, 3.8) is 0 Å². The summed E-state index contributed by atoms with van der Waals surface area (Å²) in [6.07, 6.45) is 4.69. The van der Waals surface area contributed by atoms with Crippen molar-refractivity contribution in [2.24, 2.45) is 17.8 Å². The number of hydrogen-bond acceptors (Lipinski definition) is 13. The Morgan fingerprint density at radius 2 is 1.21 bits per heavy atom. The smallest absolute Gasteiger partial charge is 0.391 e. The number of nitrogens with one attached hydrogen (secondary N) is 3. The molecular weight excluding hydrogens is 1320 g/mol. The van der Waals surface area contributed by atoms with Crippen LogP contribution in [-0.4, -0.2) is 263 Å². The number of halogens is 4. The molecule has 3 heterocycles. The summed E-state index contributed by atoms with van der Waals surface area (Å²) in [7, 11) is 9.68. The summed E-state index contributed by atoms with van der Waals surface area (Å²) in [5.74, 6) is -9.07. The Hall–Kier alpha value is -7.10. The lowest BCUT2D eigenvalue weighted by Gasteiger charge is -2.43. The van der Waals surface area contributed by atoms with E-state index < -0.39 is 174 Å². The quantitative estimate of drug-likeness (QED) is 0.246. The summed E-state index contributed by atoms with van der Waals surface area (Å²) in [6, 6.07) is -6.22. The molecule has 0 bridgehead atoms. The van der Waals surface area contributed by atoms with E-state index in [9.17, 15) is 47.0 Å². The molecule has 7 rings (SSSR count). The highest BCUT2D eigenvalue weighted by Gasteiger charge is 2.51. The normalized spacial score (nSPS) is 26.9. The molecule has 1 aromatic rings. The predicted octanol–water partition coefficient (Wildman–Crippen LogP) is 4.76. The number of alkyl halides is 3. The second-order valence-corrected chi connectivity index (χ2v) is 29.9. The lowest BCUT2D eigenvalue weighted by Crippen LogP contribution is -2.65. The molecule has 3 saturated carbocycles. The Kier molecular flexibility index (Phi) is 28.6. The number of benzene rings is 1. The van der Waals surface area contributed by atoms with Crippen LogP contribution in [0.15, 0.2) is 18.2 Å². The minimum Gasteiger partial charge on any atom is -0.391 e. The van der Waals surface area contributed by atoms with Crippen LogP contribution in [0.1, 0.15) is 180 Å². The van der Waals surface area contributed by atoms with Gasteiger partial charge < -0.3 is 65.2 Å². The first kappa shape index (κ1) is 80.2. The number of amides is 12. The van der Waals surface area contributed by atoms with Crippen LogP contribution in [0.4, 0.5) is 13.2 Å². The molecule has 0 aromatic heterocycles. The molecule has 1 spiro atoms. The van der Waals surface area contributed by atoms with E-state index in [2.05, 4.69) is 16.0 Å². The molecule has 3 saturated heterocycles. The largest absolute Gasteiger partial charge is 0.417 e. The van der Waals surface area contributed by atoms with Crippen molar-refractivity contribution >= 4 is 82.5 Å². The number of likely N-dealkylation sites (N-methyl/N-ethyl adjacent to an activating group) is 7. The Bertz CT molecular complexity index is 3120. The Morgan fingerprint density at radius 3 is 1.81 bits per heavy atom. The van der Waals surface area contributed by atoms with Gasteiger partial charge in [0.25, 0.3) is 0 Å². The molecule has 6 fully saturated rings. The van der Waals surface area contributed by atoms with Gasteiger partial charge in [-0.25, -0.2) is 0 Å². The van der Waals surface area contributed by atoms with Crippen LogP contribution in [0.5, 0.6) is 0 Å². The van der Waals surface area contributed by atoms with E-state index in [0.717, 1.165) is 89.5 Å². The van der Waals surface area contributed by atoms with Gasteiger partial charge in [0.2, 0.25) is 70.9 Å². The summed E-state index contributed by atoms with van der Waals surface area (Å²) >= 11 is 6.15. The number of aliphatic hydroxyl groups excluding tert-OH is 1. The number of fused-ring (bicyclic) bond motifs is 1. The molecule has 1 unspecified atom stereocenters. The van der Waals surface area contributed by atoms with Crippen molar-refractivity contribution < 1.29 is 75.8 Å². The second-order valence-electron chi connectivity index (χ2n) is 29.5. The number of rotatable bonds is 10. The Balaban J connectivity index is 1.28. The fourth-order valence-electron chi connectivity index (χ4n) is 15.6. The van der Waals surface area contributed by atoms with E-state index in [4.69, 9.17) is 11.6 Å². The maximum absolute atomic E-state index is 15.8. The van der Waals surface area contributed by atoms with Crippen molar-refractivity contribution in [3.8, 4) is 0 Å². The monoisotopic (exact) mass is 1430 g/mol. The molecule has 3 aliphatic carbocycles. The third-order valence-electron chi connectivity index (χ3n) is 21.6. The van der Waals surface area contributed by atoms with Gasteiger partial charge in [-0.05, 0) is 126 Å². The van der Waals surface area contributed by atoms with E-state index in [1.807, 2.05) is 13.8 Å². The van der Waals surface area contributed by atoms with Crippen LogP contribution >= 0.6 is 11.6 Å². The van der Waals surface area contributed by atoms with Gasteiger partial charge in [-0.1, -0.05) is 95.7 Å². The van der Waals surface area contributed by atoms with Crippen LogP contribution in [-0.2, 0) is 70.1 Å². The van der Waals surface area contributed by atoms with Gasteiger partial charge in [0.15, 0.2) is 0 Å². The zero-order valence-corrected chi connectivity index (χ0v) is 60.9. The van der Waals surface area contributed by atoms with Crippen molar-refractivity contribution in [1.29, 1.82) is 0 Å². The molecule has 3 aliphatic heterocycles. The summed E-state index contributed by atoms with van der Waals surface area (Å²) in [6.45, 7) is 3.78. The maximum Gasteiger partial charge on any atom is 0.417 e. The number of nitrogens with zero attached hydrogens (tertiary/aromatic N) is 9. The van der Waals surface area contributed by atoms with Gasteiger partial charge in [-0.3, -0.25) is 57.5 Å². The first-order chi connectivity index (χ1) is 47.2. The second kappa shape index (κ2) is 35.7. The molecule has 0 radical (unpaired) electrons. The summed E-state index contributed by atoms with van der Waals surface area (Å²) in [4.78, 5) is 190. The number of piperidine rings is 1. The highest BCUT2D eigenvalue weighted by atomic mass is 35.5. The highest BCUT2D eigenvalue weighted by Crippen LogP contribution is 2.38. The van der Waals surface area contributed by atoms with Gasteiger partial charge in [-0.15, -0.1) is 0 Å². The van der Waals surface area contributed by atoms with Crippen LogP contribution in [0.2, 0.25) is 5.02 Å². The highest BCUT2D eigenvalue weighted by molar-refractivity contribution is 6.31. The molecule has 100 heavy (non-hydrogen) atoms. The van der Waals surface area contributed by atoms with Crippen LogP contribution in [0.25, 0.3) is 0 Å². The molecular formula is C71H108ClF3N12O13. The zero-order valence-electron chi connectivity index (χ0n) is 60.2. The fourth-order valence-corrected chi connectivity index (χ4v) is 15.9. The standard InChI is InChI=1S/C71H108ClF3N12O13/c1-44(2)37-53-62(93)77-60(45(3)88)67(98)81(6)42-58(91)79(4)43-59(92)83(8)54(39-46-23-14-11-15-24-46)65(96)80(5)41-56(89)76-51(31-29-47-28-30-49(50(72)38-47)71(73,74)75)64(95)87-36-22-27-52(87)63(94)78-70(32-18-19-33-70)69(100)85(10)61(48-25-16-12-17-26-48)68(99)84(9)55(40-57(90)82(53)7)66(97)86-34-20-13-21-35-86/h28,30,38,44-46,48,51-55,60-61,88H,11-27,29,31-37,39-43H2,1-10H3,(H,76,89)(H,77,93)(H,78,94)/t45-,51+,52?,53+,54+,55+,60+,61+/m1/s1. The summed E-state index contributed by atoms with van der Waals surface area (Å²) in [5.41, 5.74) is -2.37. The maximum atomic E-state index is 15.8. The average molecular weight is 1430 g/mol. The number of aliphatic hydroxyl groups is 1. The average Bonchev–Trinajstić information content (AvgIpc) is 1.54. The lowest BCUT2D eigenvalue weighted by atomic mass is 9.81. The molecule has 1 aromatic carbocycles. The van der Waals surface area contributed by atoms with Crippen molar-refractivity contribution in [1.82, 2.24) is 60.0 Å². The molecule has 558 valence electrons. The minimum atomic E-state index is -4.76. The summed E-state index contributed by atoms with van der Waals surface area (Å²) < 4.78 is 41.6. The van der Waals surface area contributed by atoms with Gasteiger partial charge >= 0.3 is 6.18 Å². The fraction of sp³-hybridized carbons (Fsp3) is 0.746. The SMILES string of the molecule is CC(C)C[C@H]1C(=O)N[C@@H]([C@@H](C)O)C(=O)N(C)CC(=O)N(C)CC(=O)N(C)[C@@H](CC2CCCCC2)C(=O)N(C)CC(=O)N[C@@H](CCc2ccc(C(F)(F)F)c(Cl)c2)C(=O)N2CCCC2C(=O)NC2(CCCC2)C(=O)N(C)[C@@H](C2CCCCC2)C(=O)N(C)[C@H](C(=O)N2CCCCC2)CC(=O)N1C. The summed E-state index contributed by atoms with van der Waals surface area (Å²) in [5, 5.41) is 19.0. The first-order valence-electron chi connectivity index (χ1n) is 36.0. The van der Waals surface area contributed by atoms with Crippen molar-refractivity contribution in [2.75, 3.05) is 88.6 Å². The van der Waals surface area contributed by atoms with Crippen LogP contribution < -0.4 is 16.0 Å². The van der Waals surface area contributed by atoms with Gasteiger partial charge in [0, 0.05) is 69.0 Å². The number of likely N-dealkylation sites (tertiary alicyclic amines) is 1. The van der Waals surface area contributed by atoms with Gasteiger partial charge in [-0.2, -0.15) is 13.2 Å². The topological polar surface area (TPSA) is 290 Å². The van der Waals surface area contributed by atoms with Gasteiger partial charge in [0.05, 0.1) is 42.7 Å². The zero-order chi connectivity index (χ0) is 73.7. The van der Waals surface area contributed by atoms with E-state index in [1.165, 1.54) is 81.9 Å². The minimum absolute atomic E-state index is 0.000139. The predicted molar refractivity (Wildman–Crippen MR) is 366 cm³/mol. The number of carbonyl (C=O) groups excluding carboxylic acids is 12. The van der Waals surface area contributed by atoms with E-state index in [1.54, 1.807) is 4.90 Å². The number of carbonyl (C=O) groups is 12. The molecule has 6 aliphatic rings. The van der Waals surface area contributed by atoms with E-state index in [-0.39, 0.29) is 63.3 Å². The van der Waals surface area contributed by atoms with Crippen molar-refractivity contribution in [2.45, 2.75) is 235 Å². The Labute approximate surface area is 591 Å². The molecule has 8 atom stereocenters. The first-order valence-corrected chi connectivity index (χ1v) is 36.4. The molecule has 29 heteroatoms. The molecule has 12 amide bonds. The third kappa shape index (κ3) is 20.2.